The van der Waals surface area contributed by atoms with Crippen molar-refractivity contribution in [2.45, 2.75) is 31.9 Å². The number of nitrogens with one attached hydrogen (secondary N) is 1. The number of nitrogens with two attached hydrogens (primary N) is 2. The van der Waals surface area contributed by atoms with Crippen molar-refractivity contribution in [1.82, 2.24) is 0 Å². The van der Waals surface area contributed by atoms with Crippen LogP contribution in [0.2, 0.25) is 0 Å². The van der Waals surface area contributed by atoms with E-state index in [9.17, 15) is 32.9 Å². The molecule has 0 aromatic heterocycles. The van der Waals surface area contributed by atoms with Gasteiger partial charge in [0.2, 0.25) is 5.91 Å². The summed E-state index contributed by atoms with van der Waals surface area (Å²) < 4.78 is 38.4. The van der Waals surface area contributed by atoms with Crippen molar-refractivity contribution in [2.75, 3.05) is 30.4 Å². The molecule has 0 aliphatic heterocycles. The van der Waals surface area contributed by atoms with Gasteiger partial charge >= 0.3 is 6.18 Å². The minimum absolute atomic E-state index is 0.0190. The van der Waals surface area contributed by atoms with E-state index in [0.29, 0.717) is 12.8 Å². The minimum Gasteiger partial charge on any atom is -0.379 e. The highest BCUT2D eigenvalue weighted by atomic mass is 19.4. The first-order valence-corrected chi connectivity index (χ1v) is 9.32. The Hall–Kier alpha value is -3.05. The Morgan fingerprint density at radius 1 is 1.23 bits per heavy atom. The minimum atomic E-state index is -4.21. The molecule has 5 N–H and O–H groups in total. The quantitative estimate of drug-likeness (QED) is 0.426. The van der Waals surface area contributed by atoms with Crippen LogP contribution in [-0.2, 0) is 4.79 Å². The summed E-state index contributed by atoms with van der Waals surface area (Å²) in [5, 5.41) is 14.4. The molecule has 1 aliphatic rings. The van der Waals surface area contributed by atoms with E-state index in [1.807, 2.05) is 0 Å². The lowest BCUT2D eigenvalue weighted by Crippen LogP contribution is -2.32. The van der Waals surface area contributed by atoms with Crippen LogP contribution in [0.4, 0.5) is 30.2 Å². The number of nitro benzene ring substituents is 1. The topological polar surface area (TPSA) is 145 Å². The number of carbonyl (C=O) groups excluding carboxylic acids is 2. The van der Waals surface area contributed by atoms with Crippen LogP contribution in [0.3, 0.4) is 0 Å². The lowest BCUT2D eigenvalue weighted by molar-refractivity contribution is -0.384. The number of hydrogen-bond donors (Lipinski definition) is 3. The van der Waals surface area contributed by atoms with Crippen molar-refractivity contribution in [2.24, 2.45) is 23.3 Å². The number of amides is 2. The van der Waals surface area contributed by atoms with Gasteiger partial charge in [-0.3, -0.25) is 19.7 Å². The third kappa shape index (κ3) is 5.74. The van der Waals surface area contributed by atoms with Gasteiger partial charge in [0.25, 0.3) is 11.6 Å². The van der Waals surface area contributed by atoms with Gasteiger partial charge in [-0.15, -0.1) is 0 Å². The van der Waals surface area contributed by atoms with Crippen molar-refractivity contribution >= 4 is 28.9 Å². The predicted molar refractivity (Wildman–Crippen MR) is 104 cm³/mol. The summed E-state index contributed by atoms with van der Waals surface area (Å²) >= 11 is 0. The molecule has 9 nitrogen and oxygen atoms in total. The number of primary amides is 2. The number of rotatable bonds is 8. The molecule has 1 aliphatic carbocycles. The molecule has 0 atom stereocenters. The Morgan fingerprint density at radius 2 is 1.83 bits per heavy atom. The Bertz CT molecular complexity index is 823. The Labute approximate surface area is 170 Å². The molecular formula is C18H24F3N5O4. The fourth-order valence-corrected chi connectivity index (χ4v) is 3.65. The van der Waals surface area contributed by atoms with Crippen LogP contribution in [0, 0.1) is 22.0 Å². The van der Waals surface area contributed by atoms with Crippen molar-refractivity contribution in [3.8, 4) is 0 Å². The van der Waals surface area contributed by atoms with Crippen LogP contribution in [0.15, 0.2) is 12.1 Å². The maximum absolute atomic E-state index is 12.8. The van der Waals surface area contributed by atoms with Crippen LogP contribution in [0.5, 0.6) is 0 Å². The van der Waals surface area contributed by atoms with Crippen molar-refractivity contribution in [3.63, 3.8) is 0 Å². The van der Waals surface area contributed by atoms with Crippen molar-refractivity contribution in [1.29, 1.82) is 0 Å². The van der Waals surface area contributed by atoms with E-state index in [2.05, 4.69) is 5.32 Å². The van der Waals surface area contributed by atoms with E-state index >= 15 is 0 Å². The molecule has 0 heterocycles. The highest BCUT2D eigenvalue weighted by Gasteiger charge is 2.41. The molecule has 12 heteroatoms. The van der Waals surface area contributed by atoms with Crippen LogP contribution in [-0.4, -0.2) is 43.1 Å². The summed E-state index contributed by atoms with van der Waals surface area (Å²) in [7, 11) is 1.47. The number of carbonyl (C=O) groups is 2. The maximum Gasteiger partial charge on any atom is 0.391 e. The molecule has 1 aromatic carbocycles. The maximum atomic E-state index is 12.8. The molecule has 1 saturated carbocycles. The number of anilines is 2. The van der Waals surface area contributed by atoms with E-state index in [1.165, 1.54) is 18.0 Å². The van der Waals surface area contributed by atoms with E-state index in [4.69, 9.17) is 11.5 Å². The van der Waals surface area contributed by atoms with E-state index in [0.717, 1.165) is 6.07 Å². The summed E-state index contributed by atoms with van der Waals surface area (Å²) in [5.41, 5.74) is 10.2. The normalized spacial score (nSPS) is 19.2. The number of hydrogen-bond acceptors (Lipinski definition) is 6. The average Bonchev–Trinajstić information content (AvgIpc) is 2.64. The molecule has 0 bridgehead atoms. The summed E-state index contributed by atoms with van der Waals surface area (Å²) in [4.78, 5) is 35.1. The van der Waals surface area contributed by atoms with Gasteiger partial charge in [0.1, 0.15) is 5.69 Å². The number of nitrogens with zero attached hydrogens (tertiary/aromatic N) is 2. The third-order valence-corrected chi connectivity index (χ3v) is 5.27. The molecule has 0 spiro atoms. The first-order valence-electron chi connectivity index (χ1n) is 9.32. The van der Waals surface area contributed by atoms with Crippen molar-refractivity contribution in [3.05, 3.63) is 27.8 Å². The van der Waals surface area contributed by atoms with Crippen LogP contribution < -0.4 is 21.7 Å². The molecule has 1 aromatic rings. The zero-order valence-electron chi connectivity index (χ0n) is 16.4. The van der Waals surface area contributed by atoms with E-state index < -0.39 is 34.5 Å². The largest absolute Gasteiger partial charge is 0.391 e. The summed E-state index contributed by atoms with van der Waals surface area (Å²) in [5.74, 6) is -2.98. The Morgan fingerprint density at radius 3 is 2.30 bits per heavy atom. The molecule has 2 rings (SSSR count). The zero-order chi connectivity index (χ0) is 22.6. The van der Waals surface area contributed by atoms with Crippen molar-refractivity contribution < 1.29 is 27.7 Å². The van der Waals surface area contributed by atoms with Gasteiger partial charge in [-0.1, -0.05) is 0 Å². The van der Waals surface area contributed by atoms with E-state index in [1.54, 1.807) is 0 Å². The second-order valence-electron chi connectivity index (χ2n) is 7.47. The van der Waals surface area contributed by atoms with Gasteiger partial charge in [0, 0.05) is 19.7 Å². The first-order chi connectivity index (χ1) is 13.9. The predicted octanol–water partition coefficient (Wildman–Crippen LogP) is 2.40. The highest BCUT2D eigenvalue weighted by molar-refractivity contribution is 6.01. The van der Waals surface area contributed by atoms with Crippen LogP contribution in [0.25, 0.3) is 0 Å². The molecular weight excluding hydrogens is 407 g/mol. The number of likely N-dealkylation sites (N-methyl/N-ethyl adjacent to an activating group) is 1. The molecule has 30 heavy (non-hydrogen) atoms. The molecule has 0 radical (unpaired) electrons. The van der Waals surface area contributed by atoms with Gasteiger partial charge < -0.3 is 21.7 Å². The molecule has 0 unspecified atom stereocenters. The standard InChI is InChI=1S/C18H24F3N5O4/c1-25(9-16(22)27)14-7-13(15(26(29)30)6-12(14)17(23)28)24-8-10-2-4-11(5-3-10)18(19,20)21/h6-7,10-11,24H,2-5,8-9H2,1H3,(H2,22,27)(H2,23,28)/t10-,11-. The molecule has 0 saturated heterocycles. The first kappa shape index (κ1) is 23.2. The van der Waals surface area contributed by atoms with Gasteiger partial charge in [0.05, 0.1) is 28.6 Å². The highest BCUT2D eigenvalue weighted by Crippen LogP contribution is 2.40. The summed E-state index contributed by atoms with van der Waals surface area (Å²) in [6.45, 7) is -0.0146. The number of benzene rings is 1. The monoisotopic (exact) mass is 431 g/mol. The number of nitro groups is 1. The fourth-order valence-electron chi connectivity index (χ4n) is 3.65. The van der Waals surface area contributed by atoms with Crippen LogP contribution >= 0.6 is 0 Å². The second kappa shape index (κ2) is 9.18. The number of alkyl halides is 3. The third-order valence-electron chi connectivity index (χ3n) is 5.27. The van der Waals surface area contributed by atoms with Gasteiger partial charge in [-0.25, -0.2) is 0 Å². The summed E-state index contributed by atoms with van der Waals surface area (Å²) in [6.07, 6.45) is -3.48. The fraction of sp³-hybridized carbons (Fsp3) is 0.556. The zero-order valence-corrected chi connectivity index (χ0v) is 16.4. The van der Waals surface area contributed by atoms with E-state index in [-0.39, 0.29) is 48.8 Å². The molecule has 1 fully saturated rings. The molecule has 2 amide bonds. The van der Waals surface area contributed by atoms with Crippen LogP contribution in [0.1, 0.15) is 36.0 Å². The smallest absolute Gasteiger partial charge is 0.379 e. The average molecular weight is 431 g/mol. The van der Waals surface area contributed by atoms with Gasteiger partial charge in [0.15, 0.2) is 0 Å². The lowest BCUT2D eigenvalue weighted by atomic mass is 9.81. The second-order valence-corrected chi connectivity index (χ2v) is 7.47. The summed E-state index contributed by atoms with van der Waals surface area (Å²) in [6, 6.07) is 2.33. The Kier molecular flexibility index (Phi) is 7.11. The lowest BCUT2D eigenvalue weighted by Gasteiger charge is -2.30. The van der Waals surface area contributed by atoms with Gasteiger partial charge in [-0.05, 0) is 37.7 Å². The van der Waals surface area contributed by atoms with Gasteiger partial charge in [-0.2, -0.15) is 13.2 Å². The Balaban J connectivity index is 2.23. The molecule has 166 valence electrons. The SMILES string of the molecule is CN(CC(N)=O)c1cc(NC[C@H]2CC[C@H](C(F)(F)F)CC2)c([N+](=O)[O-])cc1C(N)=O. The number of halogens is 3.